The number of rotatable bonds is 4. The Labute approximate surface area is 151 Å². The van der Waals surface area contributed by atoms with Gasteiger partial charge in [0.2, 0.25) is 0 Å². The second-order valence-electron chi connectivity index (χ2n) is 5.79. The summed E-state index contributed by atoms with van der Waals surface area (Å²) in [6.45, 7) is 1.83. The van der Waals surface area contributed by atoms with Crippen molar-refractivity contribution in [3.8, 4) is 0 Å². The first-order valence-electron chi connectivity index (χ1n) is 7.71. The molecule has 1 aliphatic heterocycles. The molecule has 2 aromatic carbocycles. The summed E-state index contributed by atoms with van der Waals surface area (Å²) in [6, 6.07) is 14.6. The summed E-state index contributed by atoms with van der Waals surface area (Å²) in [5.41, 5.74) is 1.23. The number of hydrogen-bond donors (Lipinski definition) is 0. The summed E-state index contributed by atoms with van der Waals surface area (Å²) in [6.07, 6.45) is -4.94. The Morgan fingerprint density at radius 2 is 1.73 bits per heavy atom. The van der Waals surface area contributed by atoms with E-state index in [0.717, 1.165) is 12.7 Å². The van der Waals surface area contributed by atoms with Crippen molar-refractivity contribution in [1.29, 1.82) is 0 Å². The van der Waals surface area contributed by atoms with Gasteiger partial charge in [0, 0.05) is 17.6 Å². The second-order valence-corrected chi connectivity index (χ2v) is 7.33. The molecule has 0 saturated carbocycles. The number of nitrogens with zero attached hydrogens (tertiary/aromatic N) is 1. The van der Waals surface area contributed by atoms with Gasteiger partial charge < -0.3 is 9.57 Å². The van der Waals surface area contributed by atoms with Crippen LogP contribution in [0.1, 0.15) is 11.1 Å². The van der Waals surface area contributed by atoms with Crippen LogP contribution >= 0.6 is 0 Å². The van der Waals surface area contributed by atoms with E-state index in [0.29, 0.717) is 5.56 Å². The zero-order valence-corrected chi connectivity index (χ0v) is 14.8. The van der Waals surface area contributed by atoms with Gasteiger partial charge in [-0.15, -0.1) is 0 Å². The number of hydrogen-bond acceptors (Lipinski definition) is 4. The first-order valence-corrected chi connectivity index (χ1v) is 8.92. The van der Waals surface area contributed by atoms with Crippen LogP contribution in [0.3, 0.4) is 0 Å². The fraction of sp³-hybridized carbons (Fsp3) is 0.278. The number of halogens is 3. The number of aryl methyl sites for hydroxylation is 1. The predicted octanol–water partition coefficient (Wildman–Crippen LogP) is 3.81. The Morgan fingerprint density at radius 3 is 2.27 bits per heavy atom. The topological polar surface area (TPSA) is 47.9 Å². The lowest BCUT2D eigenvalue weighted by Crippen LogP contribution is -2.58. The van der Waals surface area contributed by atoms with E-state index in [-0.39, 0.29) is 10.6 Å². The van der Waals surface area contributed by atoms with Crippen molar-refractivity contribution in [3.05, 3.63) is 65.7 Å². The molecule has 138 valence electrons. The zero-order valence-electron chi connectivity index (χ0n) is 14.0. The van der Waals surface area contributed by atoms with Gasteiger partial charge in [0.25, 0.3) is 0 Å². The summed E-state index contributed by atoms with van der Waals surface area (Å²) in [4.78, 5) is 4.98. The minimum absolute atomic E-state index is 0.0660. The molecule has 0 aliphatic carbocycles. The van der Waals surface area contributed by atoms with Crippen LogP contribution in [0, 0.1) is 6.92 Å². The Kier molecular flexibility index (Phi) is 4.90. The molecule has 0 amide bonds. The van der Waals surface area contributed by atoms with E-state index in [4.69, 9.17) is 9.57 Å². The Hall–Kier alpha value is -2.19. The summed E-state index contributed by atoms with van der Waals surface area (Å²) in [7, 11) is -1.24. The molecule has 0 aromatic heterocycles. The second kappa shape index (κ2) is 6.85. The molecule has 1 unspecified atom stereocenters. The average Bonchev–Trinajstić information content (AvgIpc) is 3.03. The number of methoxy groups -OCH3 is 1. The van der Waals surface area contributed by atoms with Gasteiger partial charge in [-0.05, 0) is 19.1 Å². The normalized spacial score (nSPS) is 24.0. The summed E-state index contributed by atoms with van der Waals surface area (Å²) >= 11 is 0. The van der Waals surface area contributed by atoms with E-state index in [2.05, 4.69) is 5.16 Å². The predicted molar refractivity (Wildman–Crippen MR) is 91.2 cm³/mol. The average molecular weight is 383 g/mol. The van der Waals surface area contributed by atoms with Gasteiger partial charge in [-0.1, -0.05) is 53.2 Å². The quantitative estimate of drug-likeness (QED) is 0.807. The highest BCUT2D eigenvalue weighted by Crippen LogP contribution is 2.45. The maximum Gasteiger partial charge on any atom is 0.459 e. The van der Waals surface area contributed by atoms with E-state index in [1.165, 1.54) is 12.1 Å². The van der Waals surface area contributed by atoms with Crippen molar-refractivity contribution >= 4 is 16.5 Å². The SMILES string of the molecule is CO[C@]1(C(F)(F)F)ON=C(c2ccccc2)C1[S@@](=O)c1ccc(C)cc1. The van der Waals surface area contributed by atoms with E-state index >= 15 is 0 Å². The van der Waals surface area contributed by atoms with Crippen molar-refractivity contribution in [3.63, 3.8) is 0 Å². The lowest BCUT2D eigenvalue weighted by atomic mass is 10.0. The van der Waals surface area contributed by atoms with Crippen LogP contribution in [-0.4, -0.2) is 34.2 Å². The maximum atomic E-state index is 13.8. The van der Waals surface area contributed by atoms with Gasteiger partial charge in [-0.3, -0.25) is 4.21 Å². The fourth-order valence-corrected chi connectivity index (χ4v) is 4.33. The van der Waals surface area contributed by atoms with Gasteiger partial charge >= 0.3 is 12.0 Å². The monoisotopic (exact) mass is 383 g/mol. The molecule has 4 nitrogen and oxygen atoms in total. The largest absolute Gasteiger partial charge is 0.459 e. The first kappa shape index (κ1) is 18.6. The van der Waals surface area contributed by atoms with Crippen LogP contribution in [0.15, 0.2) is 64.6 Å². The minimum atomic E-state index is -4.94. The maximum absolute atomic E-state index is 13.8. The van der Waals surface area contributed by atoms with Crippen LogP contribution in [0.5, 0.6) is 0 Å². The molecule has 2 aromatic rings. The third-order valence-corrected chi connectivity index (χ3v) is 5.81. The van der Waals surface area contributed by atoms with Crippen LogP contribution in [-0.2, 0) is 20.4 Å². The highest BCUT2D eigenvalue weighted by atomic mass is 32.2. The number of benzene rings is 2. The van der Waals surface area contributed by atoms with Crippen LogP contribution in [0.25, 0.3) is 0 Å². The molecule has 3 rings (SSSR count). The van der Waals surface area contributed by atoms with E-state index < -0.39 is 28.0 Å². The van der Waals surface area contributed by atoms with Crippen molar-refractivity contribution in [2.24, 2.45) is 5.16 Å². The lowest BCUT2D eigenvalue weighted by Gasteiger charge is -2.32. The Balaban J connectivity index is 2.13. The molecule has 0 radical (unpaired) electrons. The van der Waals surface area contributed by atoms with Gasteiger partial charge in [0.15, 0.2) is 5.25 Å². The van der Waals surface area contributed by atoms with Gasteiger partial charge in [0.1, 0.15) is 5.71 Å². The highest BCUT2D eigenvalue weighted by molar-refractivity contribution is 7.86. The molecular weight excluding hydrogens is 367 g/mol. The molecule has 26 heavy (non-hydrogen) atoms. The van der Waals surface area contributed by atoms with Crippen molar-refractivity contribution in [2.45, 2.75) is 29.0 Å². The van der Waals surface area contributed by atoms with Crippen molar-refractivity contribution in [1.82, 2.24) is 0 Å². The number of alkyl halides is 3. The third-order valence-electron chi connectivity index (χ3n) is 4.11. The van der Waals surface area contributed by atoms with E-state index in [1.54, 1.807) is 42.5 Å². The third kappa shape index (κ3) is 3.03. The minimum Gasteiger partial charge on any atom is -0.348 e. The number of oxime groups is 1. The highest BCUT2D eigenvalue weighted by Gasteiger charge is 2.70. The Morgan fingerprint density at radius 1 is 1.12 bits per heavy atom. The number of ether oxygens (including phenoxy) is 1. The molecular formula is C18H16F3NO3S. The van der Waals surface area contributed by atoms with Crippen LogP contribution in [0.4, 0.5) is 13.2 Å². The zero-order chi connectivity index (χ0) is 18.9. The fourth-order valence-electron chi connectivity index (χ4n) is 2.72. The molecule has 0 fully saturated rings. The van der Waals surface area contributed by atoms with Gasteiger partial charge in [-0.2, -0.15) is 13.2 Å². The van der Waals surface area contributed by atoms with Gasteiger partial charge in [0.05, 0.1) is 10.8 Å². The molecule has 0 N–H and O–H groups in total. The van der Waals surface area contributed by atoms with Crippen molar-refractivity contribution in [2.75, 3.05) is 7.11 Å². The molecule has 0 bridgehead atoms. The summed E-state index contributed by atoms with van der Waals surface area (Å²) in [5, 5.41) is 1.95. The molecule has 8 heteroatoms. The van der Waals surface area contributed by atoms with E-state index in [1.807, 2.05) is 6.92 Å². The van der Waals surface area contributed by atoms with Crippen LogP contribution in [0.2, 0.25) is 0 Å². The summed E-state index contributed by atoms with van der Waals surface area (Å²) < 4.78 is 59.4. The van der Waals surface area contributed by atoms with E-state index in [9.17, 15) is 17.4 Å². The van der Waals surface area contributed by atoms with Crippen LogP contribution < -0.4 is 0 Å². The Bertz CT molecular complexity index is 837. The van der Waals surface area contributed by atoms with Gasteiger partial charge in [-0.25, -0.2) is 0 Å². The molecule has 1 heterocycles. The molecule has 0 saturated heterocycles. The summed E-state index contributed by atoms with van der Waals surface area (Å²) in [5.74, 6) is -3.12. The molecule has 3 atom stereocenters. The van der Waals surface area contributed by atoms with Crippen molar-refractivity contribution < 1.29 is 27.0 Å². The molecule has 0 spiro atoms. The standard InChI is InChI=1S/C18H16F3NO3S/c1-12-8-10-14(11-9-12)26(23)16-15(13-6-4-3-5-7-13)22-25-17(16,24-2)18(19,20)21/h3-11,16H,1-2H3/t16?,17-,26-/m0/s1. The lowest BCUT2D eigenvalue weighted by molar-refractivity contribution is -0.362. The molecule has 1 aliphatic rings. The first-order chi connectivity index (χ1) is 12.3. The smallest absolute Gasteiger partial charge is 0.348 e.